The number of likely N-dealkylation sites (tertiary alicyclic amines) is 2. The van der Waals surface area contributed by atoms with Crippen LogP contribution < -0.4 is 0 Å². The van der Waals surface area contributed by atoms with Gasteiger partial charge in [0.05, 0.1) is 12.6 Å². The number of carbonyl (C=O) groups excluding carboxylic acids is 2. The van der Waals surface area contributed by atoms with Gasteiger partial charge in [0.15, 0.2) is 0 Å². The molecule has 2 rings (SSSR count). The third kappa shape index (κ3) is 3.45. The van der Waals surface area contributed by atoms with Gasteiger partial charge in [-0.2, -0.15) is 0 Å². The fourth-order valence-electron chi connectivity index (χ4n) is 2.65. The summed E-state index contributed by atoms with van der Waals surface area (Å²) >= 11 is 0. The Morgan fingerprint density at radius 2 is 2.06 bits per heavy atom. The van der Waals surface area contributed by atoms with Crippen molar-refractivity contribution in [1.29, 1.82) is 0 Å². The van der Waals surface area contributed by atoms with E-state index in [2.05, 4.69) is 0 Å². The van der Waals surface area contributed by atoms with E-state index in [1.165, 1.54) is 0 Å². The molecule has 0 aromatic heterocycles. The predicted molar refractivity (Wildman–Crippen MR) is 66.9 cm³/mol. The topological polar surface area (TPSA) is 60.9 Å². The van der Waals surface area contributed by atoms with Gasteiger partial charge in [-0.1, -0.05) is 6.42 Å². The average Bonchev–Trinajstić information content (AvgIpc) is 2.55. The van der Waals surface area contributed by atoms with Gasteiger partial charge in [0, 0.05) is 26.1 Å². The van der Waals surface area contributed by atoms with Crippen molar-refractivity contribution in [3.05, 3.63) is 0 Å². The summed E-state index contributed by atoms with van der Waals surface area (Å²) in [6.45, 7) is 2.01. The zero-order valence-electron chi connectivity index (χ0n) is 10.8. The van der Waals surface area contributed by atoms with E-state index in [0.717, 1.165) is 32.1 Å². The summed E-state index contributed by atoms with van der Waals surface area (Å²) in [4.78, 5) is 27.3. The standard InChI is InChI=1S/C13H22N2O3/c16-11-5-4-8-14(9-11)13(18)10-15-7-3-1-2-6-12(15)17/h11,16H,1-10H2. The molecule has 0 radical (unpaired) electrons. The van der Waals surface area contributed by atoms with Crippen molar-refractivity contribution in [3.63, 3.8) is 0 Å². The first kappa shape index (κ1) is 13.3. The number of carbonyl (C=O) groups is 2. The molecular weight excluding hydrogens is 232 g/mol. The molecule has 18 heavy (non-hydrogen) atoms. The zero-order chi connectivity index (χ0) is 13.0. The second-order valence-electron chi connectivity index (χ2n) is 5.26. The van der Waals surface area contributed by atoms with Crippen LogP contribution in [0.2, 0.25) is 0 Å². The normalized spacial score (nSPS) is 26.1. The van der Waals surface area contributed by atoms with Crippen LogP contribution in [0, 0.1) is 0 Å². The number of hydrogen-bond donors (Lipinski definition) is 1. The lowest BCUT2D eigenvalue weighted by molar-refractivity contribution is -0.141. The van der Waals surface area contributed by atoms with Crippen molar-refractivity contribution in [2.45, 2.75) is 44.6 Å². The maximum atomic E-state index is 12.1. The lowest BCUT2D eigenvalue weighted by Gasteiger charge is -2.32. The average molecular weight is 254 g/mol. The molecule has 2 amide bonds. The summed E-state index contributed by atoms with van der Waals surface area (Å²) in [5.74, 6) is 0.0717. The Morgan fingerprint density at radius 3 is 2.83 bits per heavy atom. The number of rotatable bonds is 2. The molecule has 5 nitrogen and oxygen atoms in total. The van der Waals surface area contributed by atoms with Crippen LogP contribution in [-0.4, -0.2) is 59.0 Å². The Kier molecular flexibility index (Phi) is 4.58. The largest absolute Gasteiger partial charge is 0.391 e. The molecule has 0 aromatic carbocycles. The lowest BCUT2D eigenvalue weighted by atomic mass is 10.1. The van der Waals surface area contributed by atoms with Crippen molar-refractivity contribution in [2.75, 3.05) is 26.2 Å². The van der Waals surface area contributed by atoms with E-state index in [4.69, 9.17) is 0 Å². The summed E-state index contributed by atoms with van der Waals surface area (Å²) in [7, 11) is 0. The maximum Gasteiger partial charge on any atom is 0.242 e. The summed E-state index contributed by atoms with van der Waals surface area (Å²) < 4.78 is 0. The Bertz CT molecular complexity index is 319. The SMILES string of the molecule is O=C1CCCCCN1CC(=O)N1CCCC(O)C1. The van der Waals surface area contributed by atoms with E-state index in [1.54, 1.807) is 9.80 Å². The highest BCUT2D eigenvalue weighted by Crippen LogP contribution is 2.13. The molecular formula is C13H22N2O3. The molecule has 5 heteroatoms. The number of β-amino-alcohol motifs (C(OH)–C–C–N with tert-alkyl or cyclic N) is 1. The molecule has 0 saturated carbocycles. The number of amides is 2. The van der Waals surface area contributed by atoms with Crippen LogP contribution in [0.3, 0.4) is 0 Å². The molecule has 0 bridgehead atoms. The van der Waals surface area contributed by atoms with Crippen LogP contribution >= 0.6 is 0 Å². The second kappa shape index (κ2) is 6.18. The van der Waals surface area contributed by atoms with Crippen LogP contribution in [0.15, 0.2) is 0 Å². The smallest absolute Gasteiger partial charge is 0.242 e. The van der Waals surface area contributed by atoms with Crippen molar-refractivity contribution in [2.24, 2.45) is 0 Å². The van der Waals surface area contributed by atoms with E-state index in [9.17, 15) is 14.7 Å². The third-order valence-corrected chi connectivity index (χ3v) is 3.75. The van der Waals surface area contributed by atoms with Crippen LogP contribution in [0.5, 0.6) is 0 Å². The van der Waals surface area contributed by atoms with Crippen LogP contribution in [0.25, 0.3) is 0 Å². The molecule has 1 unspecified atom stereocenters. The van der Waals surface area contributed by atoms with Crippen LogP contribution in [0.4, 0.5) is 0 Å². The van der Waals surface area contributed by atoms with E-state index in [1.807, 2.05) is 0 Å². The number of piperidine rings is 1. The molecule has 1 N–H and O–H groups in total. The minimum absolute atomic E-state index is 0.0241. The number of aliphatic hydroxyl groups is 1. The van der Waals surface area contributed by atoms with E-state index >= 15 is 0 Å². The first-order valence-electron chi connectivity index (χ1n) is 6.90. The van der Waals surface area contributed by atoms with Crippen molar-refractivity contribution in [3.8, 4) is 0 Å². The molecule has 2 heterocycles. The van der Waals surface area contributed by atoms with Gasteiger partial charge in [0.25, 0.3) is 0 Å². The Hall–Kier alpha value is -1.10. The Balaban J connectivity index is 1.87. The molecule has 0 spiro atoms. The van der Waals surface area contributed by atoms with E-state index < -0.39 is 6.10 Å². The highest BCUT2D eigenvalue weighted by Gasteiger charge is 2.25. The van der Waals surface area contributed by atoms with Crippen molar-refractivity contribution in [1.82, 2.24) is 9.80 Å². The third-order valence-electron chi connectivity index (χ3n) is 3.75. The first-order chi connectivity index (χ1) is 8.66. The molecule has 0 aliphatic carbocycles. The summed E-state index contributed by atoms with van der Waals surface area (Å²) in [6, 6.07) is 0. The summed E-state index contributed by atoms with van der Waals surface area (Å²) in [6.07, 6.45) is 4.78. The van der Waals surface area contributed by atoms with Gasteiger partial charge < -0.3 is 14.9 Å². The highest BCUT2D eigenvalue weighted by molar-refractivity contribution is 5.85. The fourth-order valence-corrected chi connectivity index (χ4v) is 2.65. The highest BCUT2D eigenvalue weighted by atomic mass is 16.3. The Morgan fingerprint density at radius 1 is 1.22 bits per heavy atom. The molecule has 2 saturated heterocycles. The van der Waals surface area contributed by atoms with E-state index in [-0.39, 0.29) is 18.4 Å². The van der Waals surface area contributed by atoms with Crippen LogP contribution in [0.1, 0.15) is 38.5 Å². The fraction of sp³-hybridized carbons (Fsp3) is 0.846. The number of aliphatic hydroxyl groups excluding tert-OH is 1. The molecule has 2 aliphatic heterocycles. The van der Waals surface area contributed by atoms with Gasteiger partial charge in [0.2, 0.25) is 11.8 Å². The molecule has 1 atom stereocenters. The molecule has 0 aromatic rings. The van der Waals surface area contributed by atoms with Gasteiger partial charge in [0.1, 0.15) is 0 Å². The van der Waals surface area contributed by atoms with Gasteiger partial charge >= 0.3 is 0 Å². The molecule has 2 aliphatic rings. The minimum Gasteiger partial charge on any atom is -0.391 e. The quantitative estimate of drug-likeness (QED) is 0.774. The number of hydrogen-bond acceptors (Lipinski definition) is 3. The predicted octanol–water partition coefficient (Wildman–Crippen LogP) is 0.372. The van der Waals surface area contributed by atoms with Crippen molar-refractivity contribution >= 4 is 11.8 Å². The monoisotopic (exact) mass is 254 g/mol. The van der Waals surface area contributed by atoms with E-state index in [0.29, 0.717) is 26.1 Å². The van der Waals surface area contributed by atoms with Gasteiger partial charge in [-0.25, -0.2) is 0 Å². The summed E-state index contributed by atoms with van der Waals surface area (Å²) in [5, 5.41) is 9.56. The second-order valence-corrected chi connectivity index (χ2v) is 5.26. The lowest BCUT2D eigenvalue weighted by Crippen LogP contribution is -2.47. The minimum atomic E-state index is -0.400. The van der Waals surface area contributed by atoms with Crippen molar-refractivity contribution < 1.29 is 14.7 Å². The number of nitrogens with zero attached hydrogens (tertiary/aromatic N) is 2. The molecule has 102 valence electrons. The van der Waals surface area contributed by atoms with Gasteiger partial charge in [-0.15, -0.1) is 0 Å². The Labute approximate surface area is 108 Å². The van der Waals surface area contributed by atoms with Gasteiger partial charge in [-0.05, 0) is 25.7 Å². The van der Waals surface area contributed by atoms with Gasteiger partial charge in [-0.3, -0.25) is 9.59 Å². The zero-order valence-corrected chi connectivity index (χ0v) is 10.8. The summed E-state index contributed by atoms with van der Waals surface area (Å²) in [5.41, 5.74) is 0. The first-order valence-corrected chi connectivity index (χ1v) is 6.90. The molecule has 2 fully saturated rings. The maximum absolute atomic E-state index is 12.1. The van der Waals surface area contributed by atoms with Crippen LogP contribution in [-0.2, 0) is 9.59 Å².